The van der Waals surface area contributed by atoms with Gasteiger partial charge < -0.3 is 36.4 Å². The Morgan fingerprint density at radius 2 is 1.65 bits per heavy atom. The predicted molar refractivity (Wildman–Crippen MR) is 175 cm³/mol. The van der Waals surface area contributed by atoms with E-state index in [1.54, 1.807) is 0 Å². The molecule has 0 radical (unpaired) electrons. The number of rotatable bonds is 14. The van der Waals surface area contributed by atoms with E-state index in [0.29, 0.717) is 24.2 Å². The number of nitrogens with zero attached hydrogens (tertiary/aromatic N) is 4. The number of aromatic nitrogens is 2. The summed E-state index contributed by atoms with van der Waals surface area (Å²) in [5.41, 5.74) is 6.19. The van der Waals surface area contributed by atoms with Gasteiger partial charge >= 0.3 is 7.60 Å². The fourth-order valence-electron chi connectivity index (χ4n) is 8.02. The van der Waals surface area contributed by atoms with Crippen LogP contribution in [-0.4, -0.2) is 94.8 Å². The lowest BCUT2D eigenvalue weighted by Crippen LogP contribution is -2.61. The molecule has 0 atom stereocenters. The van der Waals surface area contributed by atoms with Crippen LogP contribution < -0.4 is 26.6 Å². The maximum Gasteiger partial charge on any atom is 0.326 e. The van der Waals surface area contributed by atoms with Crippen LogP contribution in [0.15, 0.2) is 6.07 Å². The molecule has 7 N–H and O–H groups in total. The largest absolute Gasteiger partial charge is 0.383 e. The van der Waals surface area contributed by atoms with Crippen molar-refractivity contribution in [3.05, 3.63) is 6.07 Å². The van der Waals surface area contributed by atoms with Gasteiger partial charge in [0.25, 0.3) is 0 Å². The minimum absolute atomic E-state index is 0.0555. The second kappa shape index (κ2) is 15.7. The average molecular weight is 621 g/mol. The van der Waals surface area contributed by atoms with E-state index in [4.69, 9.17) is 10.7 Å². The second-order valence-electron chi connectivity index (χ2n) is 13.8. The smallest absolute Gasteiger partial charge is 0.326 e. The van der Waals surface area contributed by atoms with Crippen LogP contribution in [0, 0.1) is 11.8 Å². The van der Waals surface area contributed by atoms with Gasteiger partial charge in [0.1, 0.15) is 11.6 Å². The first-order valence-corrected chi connectivity index (χ1v) is 18.9. The molecule has 2 heterocycles. The lowest BCUT2D eigenvalue weighted by molar-refractivity contribution is 0.0832. The summed E-state index contributed by atoms with van der Waals surface area (Å²) in [5, 5.41) is 11.0. The van der Waals surface area contributed by atoms with Gasteiger partial charge in [0, 0.05) is 50.4 Å². The van der Waals surface area contributed by atoms with Crippen molar-refractivity contribution in [2.24, 2.45) is 11.8 Å². The Kier molecular flexibility index (Phi) is 12.0. The SMILES string of the molecule is Nc1cc(N2CCN(CCP(=O)(O)O)C3(CCCC3)C2)nc(NC[C@H]2CC[C@H](CNCCCNC3CCCCC3)CC2)n1. The first-order valence-electron chi connectivity index (χ1n) is 17.2. The molecule has 43 heavy (non-hydrogen) atoms. The Balaban J connectivity index is 1.02. The van der Waals surface area contributed by atoms with Crippen LogP contribution in [0.2, 0.25) is 0 Å². The van der Waals surface area contributed by atoms with E-state index in [-0.39, 0.29) is 11.7 Å². The molecule has 4 fully saturated rings. The molecule has 1 saturated heterocycles. The summed E-state index contributed by atoms with van der Waals surface area (Å²) in [7, 11) is -4.02. The maximum absolute atomic E-state index is 11.6. The summed E-state index contributed by atoms with van der Waals surface area (Å²) in [5.74, 6) is 3.33. The third-order valence-corrected chi connectivity index (χ3v) is 11.3. The highest BCUT2D eigenvalue weighted by Crippen LogP contribution is 2.41. The normalized spacial score (nSPS) is 25.4. The summed E-state index contributed by atoms with van der Waals surface area (Å²) >= 11 is 0. The fourth-order valence-corrected chi connectivity index (χ4v) is 8.52. The van der Waals surface area contributed by atoms with Crippen molar-refractivity contribution in [2.45, 2.75) is 101 Å². The Morgan fingerprint density at radius 1 is 0.930 bits per heavy atom. The van der Waals surface area contributed by atoms with Gasteiger partial charge in [-0.2, -0.15) is 9.97 Å². The van der Waals surface area contributed by atoms with Gasteiger partial charge in [-0.05, 0) is 89.3 Å². The van der Waals surface area contributed by atoms with Crippen molar-refractivity contribution in [3.8, 4) is 0 Å². The average Bonchev–Trinajstić information content (AvgIpc) is 3.46. The Bertz CT molecular complexity index is 1040. The molecule has 244 valence electrons. The van der Waals surface area contributed by atoms with Crippen LogP contribution in [0.25, 0.3) is 0 Å². The van der Waals surface area contributed by atoms with Gasteiger partial charge in [0.2, 0.25) is 5.95 Å². The van der Waals surface area contributed by atoms with Crippen molar-refractivity contribution in [1.29, 1.82) is 0 Å². The monoisotopic (exact) mass is 620 g/mol. The van der Waals surface area contributed by atoms with Gasteiger partial charge in [-0.3, -0.25) is 9.46 Å². The fraction of sp³-hybridized carbons (Fsp3) is 0.871. The molecule has 1 spiro atoms. The van der Waals surface area contributed by atoms with Gasteiger partial charge in [0.15, 0.2) is 0 Å². The lowest BCUT2D eigenvalue weighted by atomic mass is 9.82. The first-order chi connectivity index (χ1) is 20.8. The van der Waals surface area contributed by atoms with Crippen molar-refractivity contribution in [3.63, 3.8) is 0 Å². The van der Waals surface area contributed by atoms with Crippen LogP contribution in [0.1, 0.15) is 89.9 Å². The molecule has 3 saturated carbocycles. The third-order valence-electron chi connectivity index (χ3n) is 10.6. The molecule has 0 bridgehead atoms. The molecule has 1 aromatic rings. The van der Waals surface area contributed by atoms with Crippen LogP contribution in [0.4, 0.5) is 17.6 Å². The minimum Gasteiger partial charge on any atom is -0.383 e. The number of hydrogen-bond acceptors (Lipinski definition) is 9. The summed E-state index contributed by atoms with van der Waals surface area (Å²) in [4.78, 5) is 32.9. The molecule has 12 heteroatoms. The number of anilines is 3. The molecule has 11 nitrogen and oxygen atoms in total. The number of hydrogen-bond donors (Lipinski definition) is 6. The van der Waals surface area contributed by atoms with E-state index >= 15 is 0 Å². The van der Waals surface area contributed by atoms with Crippen LogP contribution >= 0.6 is 7.60 Å². The zero-order valence-electron chi connectivity index (χ0n) is 26.2. The summed E-state index contributed by atoms with van der Waals surface area (Å²) in [6.07, 6.45) is 17.5. The first kappa shape index (κ1) is 32.9. The van der Waals surface area contributed by atoms with Crippen molar-refractivity contribution in [2.75, 3.05) is 74.5 Å². The molecule has 0 aromatic carbocycles. The van der Waals surface area contributed by atoms with Crippen LogP contribution in [0.3, 0.4) is 0 Å². The Labute approximate surface area is 258 Å². The van der Waals surface area contributed by atoms with Crippen LogP contribution in [-0.2, 0) is 4.57 Å². The highest BCUT2D eigenvalue weighted by molar-refractivity contribution is 7.51. The third kappa shape index (κ3) is 10.00. The van der Waals surface area contributed by atoms with Gasteiger partial charge in [-0.25, -0.2) is 0 Å². The van der Waals surface area contributed by atoms with Gasteiger partial charge in [-0.15, -0.1) is 0 Å². The van der Waals surface area contributed by atoms with E-state index in [0.717, 1.165) is 89.3 Å². The van der Waals surface area contributed by atoms with Crippen molar-refractivity contribution in [1.82, 2.24) is 25.5 Å². The molecule has 5 rings (SSSR count). The van der Waals surface area contributed by atoms with Crippen molar-refractivity contribution < 1.29 is 14.4 Å². The van der Waals surface area contributed by atoms with E-state index < -0.39 is 7.60 Å². The standard InChI is InChI=1S/C31H57N8O3P/c32-28-21-29(38-17-18-39(19-20-43(40,41)42)31(24-38)13-4-5-14-31)37-30(36-28)35-23-26-11-9-25(10-12-26)22-33-15-6-16-34-27-7-2-1-3-8-27/h21,25-27,33-34H,1-20,22-24H2,(H2,40,41,42)(H3,32,35,36,37)/t25-,26-. The summed E-state index contributed by atoms with van der Waals surface area (Å²) < 4.78 is 11.6. The number of nitrogens with two attached hydrogens (primary N) is 1. The van der Waals surface area contributed by atoms with Crippen molar-refractivity contribution >= 4 is 25.2 Å². The second-order valence-corrected chi connectivity index (χ2v) is 15.6. The minimum atomic E-state index is -4.02. The Hall–Kier alpha value is -1.49. The van der Waals surface area contributed by atoms with Crippen LogP contribution in [0.5, 0.6) is 0 Å². The van der Waals surface area contributed by atoms with E-state index in [2.05, 4.69) is 30.7 Å². The molecule has 4 aliphatic rings. The number of piperazine rings is 1. The van der Waals surface area contributed by atoms with Gasteiger partial charge in [-0.1, -0.05) is 32.1 Å². The molecular formula is C31H57N8O3P. The maximum atomic E-state index is 11.6. The molecule has 1 aliphatic heterocycles. The molecule has 3 aliphatic carbocycles. The zero-order valence-corrected chi connectivity index (χ0v) is 27.1. The molecule has 0 unspecified atom stereocenters. The van der Waals surface area contributed by atoms with E-state index in [9.17, 15) is 14.4 Å². The van der Waals surface area contributed by atoms with E-state index in [1.807, 2.05) is 6.07 Å². The molecular weight excluding hydrogens is 563 g/mol. The molecule has 0 amide bonds. The van der Waals surface area contributed by atoms with E-state index in [1.165, 1.54) is 64.2 Å². The highest BCUT2D eigenvalue weighted by Gasteiger charge is 2.44. The summed E-state index contributed by atoms with van der Waals surface area (Å²) in [6.45, 7) is 7.03. The Morgan fingerprint density at radius 3 is 2.37 bits per heavy atom. The zero-order chi connectivity index (χ0) is 30.1. The summed E-state index contributed by atoms with van der Waals surface area (Å²) in [6, 6.07) is 2.63. The quantitative estimate of drug-likeness (QED) is 0.133. The number of nitrogens with one attached hydrogen (secondary N) is 3. The topological polar surface area (TPSA) is 152 Å². The number of nitrogen functional groups attached to an aromatic ring is 1. The predicted octanol–water partition coefficient (Wildman–Crippen LogP) is 3.79. The highest BCUT2D eigenvalue weighted by atomic mass is 31.2. The lowest BCUT2D eigenvalue weighted by Gasteiger charge is -2.49. The molecule has 1 aromatic heterocycles. The van der Waals surface area contributed by atoms with Gasteiger partial charge in [0.05, 0.1) is 6.16 Å².